The largest absolute Gasteiger partial charge is 0.380 e. The highest BCUT2D eigenvalue weighted by Gasteiger charge is 2.08. The number of nitro groups is 1. The fourth-order valence-corrected chi connectivity index (χ4v) is 2.85. The Morgan fingerprint density at radius 2 is 1.82 bits per heavy atom. The third kappa shape index (κ3) is 3.29. The Kier molecular flexibility index (Phi) is 4.11. The van der Waals surface area contributed by atoms with Gasteiger partial charge in [-0.3, -0.25) is 10.1 Å². The second-order valence-electron chi connectivity index (χ2n) is 4.66. The van der Waals surface area contributed by atoms with Crippen LogP contribution < -0.4 is 5.32 Å². The maximum absolute atomic E-state index is 10.7. The van der Waals surface area contributed by atoms with E-state index < -0.39 is 4.92 Å². The summed E-state index contributed by atoms with van der Waals surface area (Å²) < 4.78 is 0. The predicted molar refractivity (Wildman–Crippen MR) is 88.0 cm³/mol. The molecular weight excluding hydrogens is 298 g/mol. The average molecular weight is 311 g/mol. The molecule has 3 rings (SSSR count). The Labute approximate surface area is 131 Å². The summed E-state index contributed by atoms with van der Waals surface area (Å²) in [6.45, 7) is 0.703. The van der Waals surface area contributed by atoms with E-state index in [1.165, 1.54) is 12.1 Å². The van der Waals surface area contributed by atoms with E-state index in [2.05, 4.69) is 10.3 Å². The van der Waals surface area contributed by atoms with Crippen molar-refractivity contribution in [3.63, 3.8) is 0 Å². The molecule has 22 heavy (non-hydrogen) atoms. The van der Waals surface area contributed by atoms with Crippen molar-refractivity contribution in [1.29, 1.82) is 0 Å². The van der Waals surface area contributed by atoms with Gasteiger partial charge in [-0.05, 0) is 24.3 Å². The van der Waals surface area contributed by atoms with Crippen LogP contribution in [-0.4, -0.2) is 9.91 Å². The van der Waals surface area contributed by atoms with Crippen LogP contribution in [0.1, 0.15) is 4.88 Å². The van der Waals surface area contributed by atoms with Crippen LogP contribution in [-0.2, 0) is 6.54 Å². The number of thiazole rings is 1. The zero-order chi connectivity index (χ0) is 15.4. The Morgan fingerprint density at radius 3 is 2.50 bits per heavy atom. The molecule has 1 heterocycles. The van der Waals surface area contributed by atoms with Crippen molar-refractivity contribution in [2.75, 3.05) is 5.32 Å². The molecular formula is C16H13N3O2S. The highest BCUT2D eigenvalue weighted by atomic mass is 32.1. The molecule has 0 aliphatic heterocycles. The molecule has 0 aliphatic rings. The van der Waals surface area contributed by atoms with E-state index in [1.54, 1.807) is 23.5 Å². The van der Waals surface area contributed by atoms with Crippen LogP contribution >= 0.6 is 11.3 Å². The second kappa shape index (κ2) is 6.36. The minimum atomic E-state index is -0.402. The van der Waals surface area contributed by atoms with E-state index in [0.717, 1.165) is 21.1 Å². The summed E-state index contributed by atoms with van der Waals surface area (Å²) in [5, 5.41) is 14.8. The van der Waals surface area contributed by atoms with Crippen molar-refractivity contribution < 1.29 is 4.92 Å². The average Bonchev–Trinajstić information content (AvgIpc) is 3.03. The molecule has 0 saturated heterocycles. The van der Waals surface area contributed by atoms with E-state index in [-0.39, 0.29) is 5.69 Å². The highest BCUT2D eigenvalue weighted by molar-refractivity contribution is 7.15. The van der Waals surface area contributed by atoms with Crippen molar-refractivity contribution in [2.45, 2.75) is 6.54 Å². The van der Waals surface area contributed by atoms with Crippen LogP contribution in [0.25, 0.3) is 10.6 Å². The van der Waals surface area contributed by atoms with Crippen LogP contribution in [0.4, 0.5) is 11.4 Å². The number of benzene rings is 2. The molecule has 0 radical (unpaired) electrons. The molecule has 3 aromatic rings. The lowest BCUT2D eigenvalue weighted by Crippen LogP contribution is -1.96. The Bertz CT molecular complexity index is 770. The molecule has 0 unspecified atom stereocenters. The number of anilines is 1. The van der Waals surface area contributed by atoms with Crippen LogP contribution in [0.3, 0.4) is 0 Å². The lowest BCUT2D eigenvalue weighted by atomic mass is 10.2. The normalized spacial score (nSPS) is 10.4. The molecule has 2 aromatic carbocycles. The zero-order valence-electron chi connectivity index (χ0n) is 11.6. The number of hydrogen-bond acceptors (Lipinski definition) is 5. The minimum Gasteiger partial charge on any atom is -0.380 e. The number of para-hydroxylation sites is 1. The SMILES string of the molecule is O=[N+]([O-])c1ccc(-c2ncc(CNc3ccccc3)s2)cc1. The van der Waals surface area contributed by atoms with E-state index in [9.17, 15) is 10.1 Å². The smallest absolute Gasteiger partial charge is 0.269 e. The molecule has 0 aliphatic carbocycles. The van der Waals surface area contributed by atoms with Gasteiger partial charge in [-0.15, -0.1) is 11.3 Å². The first kappa shape index (κ1) is 14.2. The van der Waals surface area contributed by atoms with Crippen molar-refractivity contribution >= 4 is 22.7 Å². The Morgan fingerprint density at radius 1 is 1.09 bits per heavy atom. The van der Waals surface area contributed by atoms with Crippen molar-refractivity contribution in [1.82, 2.24) is 4.98 Å². The highest BCUT2D eigenvalue weighted by Crippen LogP contribution is 2.27. The molecule has 5 nitrogen and oxygen atoms in total. The van der Waals surface area contributed by atoms with Crippen LogP contribution in [0, 0.1) is 10.1 Å². The zero-order valence-corrected chi connectivity index (χ0v) is 12.4. The van der Waals surface area contributed by atoms with E-state index >= 15 is 0 Å². The number of aromatic nitrogens is 1. The molecule has 0 atom stereocenters. The van der Waals surface area contributed by atoms with Gasteiger partial charge < -0.3 is 5.32 Å². The summed E-state index contributed by atoms with van der Waals surface area (Å²) in [6, 6.07) is 16.4. The predicted octanol–water partition coefficient (Wildman–Crippen LogP) is 4.33. The van der Waals surface area contributed by atoms with Gasteiger partial charge >= 0.3 is 0 Å². The van der Waals surface area contributed by atoms with Gasteiger partial charge in [0.25, 0.3) is 5.69 Å². The van der Waals surface area contributed by atoms with Gasteiger partial charge in [0.15, 0.2) is 0 Å². The summed E-state index contributed by atoms with van der Waals surface area (Å²) >= 11 is 1.58. The number of non-ortho nitro benzene ring substituents is 1. The Hall–Kier alpha value is -2.73. The van der Waals surface area contributed by atoms with Gasteiger partial charge in [0.2, 0.25) is 0 Å². The summed E-state index contributed by atoms with van der Waals surface area (Å²) in [6.07, 6.45) is 1.83. The van der Waals surface area contributed by atoms with Crippen LogP contribution in [0.2, 0.25) is 0 Å². The second-order valence-corrected chi connectivity index (χ2v) is 5.77. The first-order valence-corrected chi connectivity index (χ1v) is 7.52. The molecule has 1 N–H and O–H groups in total. The quantitative estimate of drug-likeness (QED) is 0.562. The molecule has 110 valence electrons. The summed E-state index contributed by atoms with van der Waals surface area (Å²) in [5.74, 6) is 0. The topological polar surface area (TPSA) is 68.1 Å². The van der Waals surface area contributed by atoms with E-state index in [0.29, 0.717) is 6.54 Å². The lowest BCUT2D eigenvalue weighted by Gasteiger charge is -2.03. The van der Waals surface area contributed by atoms with Crippen molar-refractivity contribution in [2.24, 2.45) is 0 Å². The molecule has 0 amide bonds. The first-order chi connectivity index (χ1) is 10.7. The molecule has 0 saturated carbocycles. The molecule has 6 heteroatoms. The summed E-state index contributed by atoms with van der Waals surface area (Å²) in [4.78, 5) is 15.7. The third-order valence-electron chi connectivity index (χ3n) is 3.12. The van der Waals surface area contributed by atoms with Crippen molar-refractivity contribution in [3.05, 3.63) is 75.8 Å². The third-order valence-corrected chi connectivity index (χ3v) is 4.17. The van der Waals surface area contributed by atoms with Crippen LogP contribution in [0.15, 0.2) is 60.8 Å². The van der Waals surface area contributed by atoms with Crippen LogP contribution in [0.5, 0.6) is 0 Å². The fraction of sp³-hybridized carbons (Fsp3) is 0.0625. The minimum absolute atomic E-state index is 0.0891. The monoisotopic (exact) mass is 311 g/mol. The van der Waals surface area contributed by atoms with E-state index in [1.807, 2.05) is 36.5 Å². The van der Waals surface area contributed by atoms with Gasteiger partial charge in [-0.2, -0.15) is 0 Å². The fourth-order valence-electron chi connectivity index (χ4n) is 1.99. The molecule has 0 spiro atoms. The number of hydrogen-bond donors (Lipinski definition) is 1. The number of nitrogens with one attached hydrogen (secondary N) is 1. The van der Waals surface area contributed by atoms with Gasteiger partial charge in [0.05, 0.1) is 11.5 Å². The van der Waals surface area contributed by atoms with Gasteiger partial charge in [-0.1, -0.05) is 18.2 Å². The molecule has 0 fully saturated rings. The maximum atomic E-state index is 10.7. The lowest BCUT2D eigenvalue weighted by molar-refractivity contribution is -0.384. The first-order valence-electron chi connectivity index (χ1n) is 6.71. The van der Waals surface area contributed by atoms with Gasteiger partial charge in [0.1, 0.15) is 5.01 Å². The molecule has 0 bridgehead atoms. The van der Waals surface area contributed by atoms with Gasteiger partial charge in [-0.25, -0.2) is 4.98 Å². The number of rotatable bonds is 5. The number of nitrogens with zero attached hydrogens (tertiary/aromatic N) is 2. The van der Waals surface area contributed by atoms with Crippen molar-refractivity contribution in [3.8, 4) is 10.6 Å². The van der Waals surface area contributed by atoms with Gasteiger partial charge in [0, 0.05) is 34.5 Å². The maximum Gasteiger partial charge on any atom is 0.269 e. The summed E-state index contributed by atoms with van der Waals surface area (Å²) in [7, 11) is 0. The summed E-state index contributed by atoms with van der Waals surface area (Å²) in [5.41, 5.74) is 2.04. The Balaban J connectivity index is 1.69. The number of nitro benzene ring substituents is 1. The standard InChI is InChI=1S/C16H13N3O2S/c20-19(21)14-8-6-12(7-9-14)16-18-11-15(22-16)10-17-13-4-2-1-3-5-13/h1-9,11,17H,10H2. The van der Waals surface area contributed by atoms with E-state index in [4.69, 9.17) is 0 Å². The molecule has 1 aromatic heterocycles.